The molecule has 218 valence electrons. The second-order valence-corrected chi connectivity index (χ2v) is 7.93. The lowest BCUT2D eigenvalue weighted by Gasteiger charge is -2.27. The Morgan fingerprint density at radius 2 is 1.50 bits per heavy atom. The van der Waals surface area contributed by atoms with E-state index >= 15 is 0 Å². The Morgan fingerprint density at radius 3 is 2.12 bits per heavy atom. The fourth-order valence-electron chi connectivity index (χ4n) is 3.27. The van der Waals surface area contributed by atoms with Crippen molar-refractivity contribution < 1.29 is 68.0 Å². The molecule has 0 aliphatic carbocycles. The highest BCUT2D eigenvalue weighted by Crippen LogP contribution is 2.37. The van der Waals surface area contributed by atoms with E-state index in [4.69, 9.17) is 9.15 Å². The largest absolute Gasteiger partial charge is 0.496 e. The summed E-state index contributed by atoms with van der Waals surface area (Å²) < 4.78 is 131. The fourth-order valence-corrected chi connectivity index (χ4v) is 3.27. The standard InChI is InChI=1S/C25H20F8O7/c1-3-15-7-5-6-8-18(15)20-11-16-9-10-17(12-19(16)37-20)35-13-22(26,27)38-24(30,31)40-25(32,33)39-23(28,29)14-36-21(34)4-2/h4-12H,2-3,13-14H2,1H3. The van der Waals surface area contributed by atoms with Crippen LogP contribution in [0.1, 0.15) is 12.5 Å². The summed E-state index contributed by atoms with van der Waals surface area (Å²) >= 11 is 0. The van der Waals surface area contributed by atoms with E-state index in [0.717, 1.165) is 11.1 Å². The highest BCUT2D eigenvalue weighted by Gasteiger charge is 2.57. The van der Waals surface area contributed by atoms with E-state index in [0.29, 0.717) is 23.6 Å². The number of furan rings is 1. The minimum atomic E-state index is -5.87. The summed E-state index contributed by atoms with van der Waals surface area (Å²) in [6, 6.07) is 12.9. The number of hydrogen-bond donors (Lipinski definition) is 0. The second-order valence-electron chi connectivity index (χ2n) is 7.93. The van der Waals surface area contributed by atoms with Crippen LogP contribution in [0.4, 0.5) is 35.1 Å². The summed E-state index contributed by atoms with van der Waals surface area (Å²) in [6.07, 6.45) is -20.7. The van der Waals surface area contributed by atoms with Crippen molar-refractivity contribution in [1.82, 2.24) is 0 Å². The van der Waals surface area contributed by atoms with Gasteiger partial charge in [-0.3, -0.25) is 0 Å². The Hall–Kier alpha value is -3.69. The molecule has 15 heteroatoms. The van der Waals surface area contributed by atoms with Gasteiger partial charge >= 0.3 is 30.8 Å². The topological polar surface area (TPSA) is 76.4 Å². The predicted molar refractivity (Wildman–Crippen MR) is 121 cm³/mol. The van der Waals surface area contributed by atoms with Gasteiger partial charge in [0.1, 0.15) is 17.1 Å². The summed E-state index contributed by atoms with van der Waals surface area (Å²) in [5.74, 6) is -1.29. The number of ether oxygens (including phenoxy) is 5. The Labute approximate surface area is 220 Å². The number of esters is 1. The fraction of sp³-hybridized carbons (Fsp3) is 0.320. The summed E-state index contributed by atoms with van der Waals surface area (Å²) in [7, 11) is 0. The average Bonchev–Trinajstić information content (AvgIpc) is 3.27. The van der Waals surface area contributed by atoms with Gasteiger partial charge in [-0.2, -0.15) is 17.6 Å². The van der Waals surface area contributed by atoms with E-state index in [9.17, 15) is 39.9 Å². The van der Waals surface area contributed by atoms with Gasteiger partial charge in [0.05, 0.1) is 0 Å². The van der Waals surface area contributed by atoms with E-state index in [1.165, 1.54) is 18.2 Å². The number of rotatable bonds is 14. The van der Waals surface area contributed by atoms with Crippen molar-refractivity contribution in [2.24, 2.45) is 0 Å². The Morgan fingerprint density at radius 1 is 0.875 bits per heavy atom. The van der Waals surface area contributed by atoms with Crippen LogP contribution in [0.2, 0.25) is 0 Å². The number of benzene rings is 2. The van der Waals surface area contributed by atoms with Gasteiger partial charge in [0.15, 0.2) is 13.2 Å². The molecule has 0 aliphatic heterocycles. The van der Waals surface area contributed by atoms with Crippen molar-refractivity contribution in [3.63, 3.8) is 0 Å². The molecule has 0 saturated carbocycles. The molecule has 0 fully saturated rings. The molecule has 1 heterocycles. The zero-order valence-corrected chi connectivity index (χ0v) is 20.4. The smallest absolute Gasteiger partial charge is 0.484 e. The molecule has 40 heavy (non-hydrogen) atoms. The number of fused-ring (bicyclic) bond motifs is 1. The molecular formula is C25H20F8O7. The normalized spacial score (nSPS) is 12.9. The minimum absolute atomic E-state index is 0.202. The lowest BCUT2D eigenvalue weighted by atomic mass is 10.0. The summed E-state index contributed by atoms with van der Waals surface area (Å²) in [5, 5.41) is 0.564. The van der Waals surface area contributed by atoms with Crippen molar-refractivity contribution in [2.45, 2.75) is 38.2 Å². The van der Waals surface area contributed by atoms with Crippen LogP contribution in [0.3, 0.4) is 0 Å². The number of aryl methyl sites for hydroxylation is 1. The lowest BCUT2D eigenvalue weighted by molar-refractivity contribution is -0.574. The van der Waals surface area contributed by atoms with Crippen LogP contribution in [0.25, 0.3) is 22.3 Å². The molecule has 3 aromatic rings. The Balaban J connectivity index is 1.62. The van der Waals surface area contributed by atoms with E-state index in [1.807, 2.05) is 25.1 Å². The van der Waals surface area contributed by atoms with Gasteiger partial charge in [0.25, 0.3) is 0 Å². The van der Waals surface area contributed by atoms with Crippen molar-refractivity contribution in [3.8, 4) is 17.1 Å². The van der Waals surface area contributed by atoms with Crippen LogP contribution in [-0.4, -0.2) is 44.0 Å². The first-order valence-corrected chi connectivity index (χ1v) is 11.2. The van der Waals surface area contributed by atoms with Crippen LogP contribution < -0.4 is 4.74 Å². The lowest BCUT2D eigenvalue weighted by Crippen LogP contribution is -2.46. The molecule has 7 nitrogen and oxygen atoms in total. The van der Waals surface area contributed by atoms with Crippen LogP contribution in [0.5, 0.6) is 5.75 Å². The quantitative estimate of drug-likeness (QED) is 0.0866. The molecule has 0 amide bonds. The monoisotopic (exact) mass is 584 g/mol. The summed E-state index contributed by atoms with van der Waals surface area (Å²) in [5.41, 5.74) is 1.98. The highest BCUT2D eigenvalue weighted by atomic mass is 19.3. The maximum absolute atomic E-state index is 14.0. The summed E-state index contributed by atoms with van der Waals surface area (Å²) in [4.78, 5) is 10.7. The molecule has 0 saturated heterocycles. The van der Waals surface area contributed by atoms with E-state index < -0.39 is 44.0 Å². The molecular weight excluding hydrogens is 564 g/mol. The zero-order valence-electron chi connectivity index (χ0n) is 20.4. The minimum Gasteiger partial charge on any atom is -0.484 e. The SMILES string of the molecule is C=CC(=O)OCC(F)(F)OC(F)(F)OC(F)(F)OC(F)(F)COc1ccc2cc(-c3ccccc3CC)oc2c1. The van der Waals surface area contributed by atoms with Gasteiger partial charge in [-0.15, -0.1) is 17.6 Å². The molecule has 0 unspecified atom stereocenters. The van der Waals surface area contributed by atoms with Crippen molar-refractivity contribution in [1.29, 1.82) is 0 Å². The molecule has 0 aliphatic rings. The van der Waals surface area contributed by atoms with Gasteiger partial charge in [0.2, 0.25) is 0 Å². The third-order valence-electron chi connectivity index (χ3n) is 4.89. The van der Waals surface area contributed by atoms with E-state index in [-0.39, 0.29) is 11.3 Å². The van der Waals surface area contributed by atoms with E-state index in [2.05, 4.69) is 25.5 Å². The number of alkyl halides is 8. The summed E-state index contributed by atoms with van der Waals surface area (Å²) in [6.45, 7) is 0.712. The number of carbonyl (C=O) groups excluding carboxylic acids is 1. The van der Waals surface area contributed by atoms with Crippen molar-refractivity contribution >= 4 is 16.9 Å². The molecule has 3 rings (SSSR count). The average molecular weight is 584 g/mol. The van der Waals surface area contributed by atoms with Crippen LogP contribution >= 0.6 is 0 Å². The molecule has 1 aromatic heterocycles. The Bertz CT molecular complexity index is 1340. The molecule has 0 spiro atoms. The Kier molecular flexibility index (Phi) is 9.11. The third kappa shape index (κ3) is 8.66. The highest BCUT2D eigenvalue weighted by molar-refractivity contribution is 5.84. The second kappa shape index (κ2) is 11.8. The number of hydrogen-bond acceptors (Lipinski definition) is 7. The third-order valence-corrected chi connectivity index (χ3v) is 4.89. The number of carbonyl (C=O) groups is 1. The van der Waals surface area contributed by atoms with Gasteiger partial charge < -0.3 is 13.9 Å². The number of halogens is 8. The van der Waals surface area contributed by atoms with Crippen LogP contribution in [0, 0.1) is 0 Å². The van der Waals surface area contributed by atoms with E-state index in [1.54, 1.807) is 12.1 Å². The maximum atomic E-state index is 14.0. The molecule has 2 aromatic carbocycles. The maximum Gasteiger partial charge on any atom is 0.496 e. The first-order chi connectivity index (χ1) is 18.5. The first kappa shape index (κ1) is 30.8. The predicted octanol–water partition coefficient (Wildman–Crippen LogP) is 7.11. The molecule has 0 radical (unpaired) electrons. The van der Waals surface area contributed by atoms with Gasteiger partial charge in [0, 0.05) is 23.1 Å². The first-order valence-electron chi connectivity index (χ1n) is 11.2. The molecule has 0 atom stereocenters. The zero-order chi connectivity index (χ0) is 29.8. The molecule has 0 bridgehead atoms. The van der Waals surface area contributed by atoms with Gasteiger partial charge in [-0.25, -0.2) is 19.0 Å². The van der Waals surface area contributed by atoms with Crippen LogP contribution in [-0.2, 0) is 30.2 Å². The van der Waals surface area contributed by atoms with Crippen molar-refractivity contribution in [3.05, 3.63) is 66.7 Å². The van der Waals surface area contributed by atoms with Gasteiger partial charge in [-0.1, -0.05) is 37.8 Å². The van der Waals surface area contributed by atoms with Crippen LogP contribution in [0.15, 0.2) is 65.6 Å². The molecule has 0 N–H and O–H groups in total. The van der Waals surface area contributed by atoms with Gasteiger partial charge in [-0.05, 0) is 30.2 Å². The van der Waals surface area contributed by atoms with Crippen molar-refractivity contribution in [2.75, 3.05) is 13.2 Å².